The van der Waals surface area contributed by atoms with Gasteiger partial charge >= 0.3 is 5.97 Å². The van der Waals surface area contributed by atoms with E-state index in [1.165, 1.54) is 0 Å². The Bertz CT molecular complexity index is 591. The molecule has 1 saturated heterocycles. The molecule has 1 fully saturated rings. The number of benzene rings is 1. The molecular weight excluding hydrogens is 279 g/mol. The second-order valence-corrected chi connectivity index (χ2v) is 4.38. The molecule has 0 saturated carbocycles. The van der Waals surface area contributed by atoms with Crippen LogP contribution in [-0.2, 0) is 4.79 Å². The number of aliphatic carboxylic acids is 1. The number of aromatic hydroxyl groups is 1. The van der Waals surface area contributed by atoms with Crippen LogP contribution in [0.5, 0.6) is 5.75 Å². The van der Waals surface area contributed by atoms with Crippen LogP contribution in [0.2, 0.25) is 0 Å². The molecule has 0 unspecified atom stereocenters. The van der Waals surface area contributed by atoms with Crippen LogP contribution in [-0.4, -0.2) is 39.6 Å². The molecule has 0 radical (unpaired) electrons. The van der Waals surface area contributed by atoms with Crippen molar-refractivity contribution in [3.63, 3.8) is 0 Å². The summed E-state index contributed by atoms with van der Waals surface area (Å²) >= 11 is 0. The van der Waals surface area contributed by atoms with Crippen molar-refractivity contribution in [3.8, 4) is 5.75 Å². The summed E-state index contributed by atoms with van der Waals surface area (Å²) in [6.07, 6.45) is 0.596. The summed E-state index contributed by atoms with van der Waals surface area (Å²) in [6, 6.07) is -0.832. The number of rotatable bonds is 2. The average molecular weight is 289 g/mol. The molecule has 1 aromatic rings. The number of hydrogen-bond acceptors (Lipinski definition) is 3. The second-order valence-electron chi connectivity index (χ2n) is 4.38. The van der Waals surface area contributed by atoms with Gasteiger partial charge in [-0.2, -0.15) is 4.39 Å². The Balaban J connectivity index is 2.42. The number of amides is 1. The maximum absolute atomic E-state index is 13.6. The smallest absolute Gasteiger partial charge is 0.326 e. The van der Waals surface area contributed by atoms with Gasteiger partial charge in [0.1, 0.15) is 6.04 Å². The topological polar surface area (TPSA) is 77.8 Å². The molecule has 8 heteroatoms. The minimum Gasteiger partial charge on any atom is -0.503 e. The minimum absolute atomic E-state index is 0.0645. The van der Waals surface area contributed by atoms with E-state index in [2.05, 4.69) is 0 Å². The first-order chi connectivity index (χ1) is 9.34. The standard InChI is InChI=1S/C12H10F3NO4/c13-6-4-5(8(14)10(17)9(6)15)11(18)16-3-1-2-7(16)12(19)20/h4,7,17H,1-3H2,(H,19,20)/t7-/m1/s1. The highest BCUT2D eigenvalue weighted by Gasteiger charge is 2.36. The SMILES string of the molecule is O=C(O)[C@H]1CCCN1C(=O)c1cc(F)c(F)c(O)c1F. The number of phenolic OH excluding ortho intramolecular Hbond substituents is 1. The summed E-state index contributed by atoms with van der Waals surface area (Å²) in [5, 5.41) is 18.0. The third-order valence-corrected chi connectivity index (χ3v) is 3.16. The maximum Gasteiger partial charge on any atom is 0.326 e. The van der Waals surface area contributed by atoms with E-state index in [4.69, 9.17) is 10.2 Å². The number of carboxylic acids is 1. The summed E-state index contributed by atoms with van der Waals surface area (Å²) in [4.78, 5) is 23.8. The Labute approximate surface area is 111 Å². The highest BCUT2D eigenvalue weighted by Crippen LogP contribution is 2.28. The van der Waals surface area contributed by atoms with Gasteiger partial charge in [-0.15, -0.1) is 0 Å². The van der Waals surface area contributed by atoms with Gasteiger partial charge in [-0.25, -0.2) is 13.6 Å². The van der Waals surface area contributed by atoms with Crippen molar-refractivity contribution in [2.45, 2.75) is 18.9 Å². The average Bonchev–Trinajstić information content (AvgIpc) is 2.89. The van der Waals surface area contributed by atoms with E-state index in [0.29, 0.717) is 12.5 Å². The molecule has 0 bridgehead atoms. The lowest BCUT2D eigenvalue weighted by atomic mass is 10.1. The van der Waals surface area contributed by atoms with Crippen LogP contribution in [0, 0.1) is 17.5 Å². The molecule has 1 aromatic carbocycles. The van der Waals surface area contributed by atoms with Crippen LogP contribution in [0.3, 0.4) is 0 Å². The molecule has 1 heterocycles. The van der Waals surface area contributed by atoms with Crippen molar-refractivity contribution in [1.29, 1.82) is 0 Å². The maximum atomic E-state index is 13.6. The summed E-state index contributed by atoms with van der Waals surface area (Å²) in [7, 11) is 0. The lowest BCUT2D eigenvalue weighted by molar-refractivity contribution is -0.141. The van der Waals surface area contributed by atoms with Crippen LogP contribution in [0.25, 0.3) is 0 Å². The van der Waals surface area contributed by atoms with Crippen molar-refractivity contribution in [3.05, 3.63) is 29.1 Å². The molecule has 0 aromatic heterocycles. The van der Waals surface area contributed by atoms with E-state index in [1.807, 2.05) is 0 Å². The Morgan fingerprint density at radius 1 is 1.25 bits per heavy atom. The summed E-state index contributed by atoms with van der Waals surface area (Å²) < 4.78 is 39.7. The first-order valence-corrected chi connectivity index (χ1v) is 5.74. The fourth-order valence-corrected chi connectivity index (χ4v) is 2.17. The van der Waals surface area contributed by atoms with Crippen molar-refractivity contribution >= 4 is 11.9 Å². The Morgan fingerprint density at radius 2 is 1.90 bits per heavy atom. The normalized spacial score (nSPS) is 18.4. The lowest BCUT2D eigenvalue weighted by Crippen LogP contribution is -2.40. The molecule has 108 valence electrons. The number of nitrogens with zero attached hydrogens (tertiary/aromatic N) is 1. The van der Waals surface area contributed by atoms with Crippen LogP contribution in [0.15, 0.2) is 6.07 Å². The monoisotopic (exact) mass is 289 g/mol. The third kappa shape index (κ3) is 2.17. The van der Waals surface area contributed by atoms with Crippen molar-refractivity contribution < 1.29 is 33.0 Å². The summed E-state index contributed by atoms with van der Waals surface area (Å²) in [6.45, 7) is 0.0645. The molecule has 0 aliphatic carbocycles. The quantitative estimate of drug-likeness (QED) is 0.809. The van der Waals surface area contributed by atoms with E-state index >= 15 is 0 Å². The second kappa shape index (κ2) is 5.03. The number of carbonyl (C=O) groups excluding carboxylic acids is 1. The van der Waals surface area contributed by atoms with Crippen molar-refractivity contribution in [1.82, 2.24) is 4.90 Å². The van der Waals surface area contributed by atoms with Crippen LogP contribution < -0.4 is 0 Å². The van der Waals surface area contributed by atoms with Gasteiger partial charge in [-0.05, 0) is 18.9 Å². The molecule has 20 heavy (non-hydrogen) atoms. The van der Waals surface area contributed by atoms with Gasteiger partial charge < -0.3 is 15.1 Å². The molecular formula is C12H10F3NO4. The molecule has 1 atom stereocenters. The Hall–Kier alpha value is -2.25. The van der Waals surface area contributed by atoms with Gasteiger partial charge in [0.05, 0.1) is 5.56 Å². The van der Waals surface area contributed by atoms with Crippen LogP contribution in [0.4, 0.5) is 13.2 Å². The van der Waals surface area contributed by atoms with Gasteiger partial charge in [0.15, 0.2) is 17.4 Å². The van der Waals surface area contributed by atoms with Gasteiger partial charge in [0.25, 0.3) is 5.91 Å². The van der Waals surface area contributed by atoms with Crippen LogP contribution in [0.1, 0.15) is 23.2 Å². The van der Waals surface area contributed by atoms with Crippen molar-refractivity contribution in [2.24, 2.45) is 0 Å². The number of likely N-dealkylation sites (tertiary alicyclic amines) is 1. The molecule has 2 rings (SSSR count). The fourth-order valence-electron chi connectivity index (χ4n) is 2.17. The zero-order valence-corrected chi connectivity index (χ0v) is 10.1. The third-order valence-electron chi connectivity index (χ3n) is 3.16. The zero-order chi connectivity index (χ0) is 15.0. The van der Waals surface area contributed by atoms with Gasteiger partial charge in [-0.1, -0.05) is 0 Å². The molecule has 1 aliphatic rings. The first-order valence-electron chi connectivity index (χ1n) is 5.74. The minimum atomic E-state index is -1.80. The Morgan fingerprint density at radius 3 is 2.50 bits per heavy atom. The van der Waals surface area contributed by atoms with E-state index in [0.717, 1.165) is 4.90 Å². The van der Waals surface area contributed by atoms with Gasteiger partial charge in [0, 0.05) is 6.54 Å². The largest absolute Gasteiger partial charge is 0.503 e. The molecule has 0 spiro atoms. The predicted molar refractivity (Wildman–Crippen MR) is 59.7 cm³/mol. The molecule has 5 nitrogen and oxygen atoms in total. The van der Waals surface area contributed by atoms with E-state index in [9.17, 15) is 22.8 Å². The van der Waals surface area contributed by atoms with Crippen molar-refractivity contribution in [2.75, 3.05) is 6.54 Å². The number of carbonyl (C=O) groups is 2. The number of carboxylic acid groups (broad SMARTS) is 1. The van der Waals surface area contributed by atoms with E-state index < -0.39 is 46.7 Å². The first kappa shape index (κ1) is 14.2. The van der Waals surface area contributed by atoms with E-state index in [1.54, 1.807) is 0 Å². The van der Waals surface area contributed by atoms with Gasteiger partial charge in [0.2, 0.25) is 5.82 Å². The lowest BCUT2D eigenvalue weighted by Gasteiger charge is -2.21. The summed E-state index contributed by atoms with van der Waals surface area (Å²) in [5.41, 5.74) is -0.894. The fraction of sp³-hybridized carbons (Fsp3) is 0.333. The summed E-state index contributed by atoms with van der Waals surface area (Å²) in [5.74, 6) is -8.94. The number of hydrogen-bond donors (Lipinski definition) is 2. The molecule has 1 amide bonds. The number of phenols is 1. The highest BCUT2D eigenvalue weighted by molar-refractivity contribution is 5.97. The Kier molecular flexibility index (Phi) is 3.56. The van der Waals surface area contributed by atoms with Gasteiger partial charge in [-0.3, -0.25) is 4.79 Å². The molecule has 2 N–H and O–H groups in total. The molecule has 1 aliphatic heterocycles. The number of halogens is 3. The highest BCUT2D eigenvalue weighted by atomic mass is 19.2. The zero-order valence-electron chi connectivity index (χ0n) is 10.1. The van der Waals surface area contributed by atoms with E-state index in [-0.39, 0.29) is 13.0 Å². The predicted octanol–water partition coefficient (Wildman–Crippen LogP) is 1.50. The van der Waals surface area contributed by atoms with Crippen LogP contribution >= 0.6 is 0 Å².